The second-order valence-corrected chi connectivity index (χ2v) is 4.95. The molecule has 1 rings (SSSR count). The van der Waals surface area contributed by atoms with Crippen LogP contribution in [0, 0.1) is 5.92 Å². The lowest BCUT2D eigenvalue weighted by Gasteiger charge is -2.33. The fourth-order valence-corrected chi connectivity index (χ4v) is 2.47. The zero-order valence-electron chi connectivity index (χ0n) is 9.92. The van der Waals surface area contributed by atoms with Gasteiger partial charge in [-0.15, -0.1) is 0 Å². The third-order valence-electron chi connectivity index (χ3n) is 3.71. The van der Waals surface area contributed by atoms with Gasteiger partial charge in [-0.25, -0.2) is 0 Å². The third-order valence-corrected chi connectivity index (χ3v) is 3.71. The Labute approximate surface area is 88.3 Å². The Morgan fingerprint density at radius 1 is 1.36 bits per heavy atom. The van der Waals surface area contributed by atoms with E-state index in [1.807, 2.05) is 0 Å². The summed E-state index contributed by atoms with van der Waals surface area (Å²) in [6.07, 6.45) is 5.41. The summed E-state index contributed by atoms with van der Waals surface area (Å²) in [4.78, 5) is 2.33. The lowest BCUT2D eigenvalue weighted by Crippen LogP contribution is -2.37. The zero-order chi connectivity index (χ0) is 10.6. The SMILES string of the molecule is CCCC(C)C1(O)CCCN(C)CC1. The average molecular weight is 199 g/mol. The quantitative estimate of drug-likeness (QED) is 0.753. The normalized spacial score (nSPS) is 32.6. The summed E-state index contributed by atoms with van der Waals surface area (Å²) in [5.41, 5.74) is -0.388. The van der Waals surface area contributed by atoms with E-state index in [2.05, 4.69) is 25.8 Å². The Balaban J connectivity index is 2.53. The van der Waals surface area contributed by atoms with Crippen molar-refractivity contribution in [2.45, 2.75) is 51.6 Å². The van der Waals surface area contributed by atoms with E-state index >= 15 is 0 Å². The van der Waals surface area contributed by atoms with Crippen molar-refractivity contribution in [3.05, 3.63) is 0 Å². The van der Waals surface area contributed by atoms with E-state index < -0.39 is 0 Å². The van der Waals surface area contributed by atoms with Crippen molar-refractivity contribution in [3.8, 4) is 0 Å². The first kappa shape index (κ1) is 12.0. The van der Waals surface area contributed by atoms with Crippen LogP contribution in [0.4, 0.5) is 0 Å². The Hall–Kier alpha value is -0.0800. The third kappa shape index (κ3) is 2.96. The predicted molar refractivity (Wildman–Crippen MR) is 60.4 cm³/mol. The van der Waals surface area contributed by atoms with Gasteiger partial charge in [-0.3, -0.25) is 0 Å². The maximum atomic E-state index is 10.5. The van der Waals surface area contributed by atoms with Crippen molar-refractivity contribution in [2.75, 3.05) is 20.1 Å². The van der Waals surface area contributed by atoms with E-state index in [0.717, 1.165) is 38.8 Å². The predicted octanol–water partition coefficient (Wildman–Crippen LogP) is 2.27. The maximum Gasteiger partial charge on any atom is 0.0685 e. The highest BCUT2D eigenvalue weighted by Gasteiger charge is 2.34. The molecule has 0 aromatic carbocycles. The van der Waals surface area contributed by atoms with Gasteiger partial charge in [0.2, 0.25) is 0 Å². The van der Waals surface area contributed by atoms with Crippen LogP contribution in [0.25, 0.3) is 0 Å². The standard InChI is InChI=1S/C12H25NO/c1-4-6-11(2)12(14)7-5-9-13(3)10-8-12/h11,14H,4-10H2,1-3H3. The molecule has 0 aromatic rings. The van der Waals surface area contributed by atoms with E-state index in [9.17, 15) is 5.11 Å². The van der Waals surface area contributed by atoms with Crippen LogP contribution in [-0.2, 0) is 0 Å². The van der Waals surface area contributed by atoms with Crippen molar-refractivity contribution < 1.29 is 5.11 Å². The van der Waals surface area contributed by atoms with Crippen molar-refractivity contribution in [2.24, 2.45) is 5.92 Å². The van der Waals surface area contributed by atoms with Gasteiger partial charge in [0.05, 0.1) is 5.60 Å². The van der Waals surface area contributed by atoms with E-state index in [1.165, 1.54) is 6.42 Å². The first-order chi connectivity index (χ1) is 6.58. The van der Waals surface area contributed by atoms with Crippen LogP contribution in [0.5, 0.6) is 0 Å². The van der Waals surface area contributed by atoms with Crippen LogP contribution in [-0.4, -0.2) is 35.7 Å². The molecule has 0 amide bonds. The molecule has 2 unspecified atom stereocenters. The van der Waals surface area contributed by atoms with Gasteiger partial charge in [-0.1, -0.05) is 20.3 Å². The Kier molecular flexibility index (Phi) is 4.39. The molecular formula is C12H25NO. The lowest BCUT2D eigenvalue weighted by molar-refractivity contribution is -0.0274. The molecule has 1 fully saturated rings. The van der Waals surface area contributed by atoms with E-state index in [4.69, 9.17) is 0 Å². The van der Waals surface area contributed by atoms with Gasteiger partial charge in [0.15, 0.2) is 0 Å². The summed E-state index contributed by atoms with van der Waals surface area (Å²) < 4.78 is 0. The molecule has 2 atom stereocenters. The van der Waals surface area contributed by atoms with Crippen molar-refractivity contribution in [1.82, 2.24) is 4.90 Å². The lowest BCUT2D eigenvalue weighted by atomic mass is 9.80. The fourth-order valence-electron chi connectivity index (χ4n) is 2.47. The minimum Gasteiger partial charge on any atom is -0.390 e. The molecular weight excluding hydrogens is 174 g/mol. The van der Waals surface area contributed by atoms with Crippen molar-refractivity contribution in [1.29, 1.82) is 0 Å². The van der Waals surface area contributed by atoms with Crippen LogP contribution in [0.2, 0.25) is 0 Å². The topological polar surface area (TPSA) is 23.5 Å². The van der Waals surface area contributed by atoms with Crippen LogP contribution in [0.15, 0.2) is 0 Å². The molecule has 1 heterocycles. The van der Waals surface area contributed by atoms with Gasteiger partial charge in [0.25, 0.3) is 0 Å². The number of aliphatic hydroxyl groups is 1. The molecule has 0 spiro atoms. The van der Waals surface area contributed by atoms with E-state index in [-0.39, 0.29) is 5.60 Å². The first-order valence-electron chi connectivity index (χ1n) is 5.99. The molecule has 0 aromatic heterocycles. The highest BCUT2D eigenvalue weighted by molar-refractivity contribution is 4.87. The van der Waals surface area contributed by atoms with Gasteiger partial charge in [-0.05, 0) is 45.2 Å². The molecule has 0 aliphatic carbocycles. The minimum absolute atomic E-state index is 0.388. The zero-order valence-corrected chi connectivity index (χ0v) is 9.92. The van der Waals surface area contributed by atoms with Crippen molar-refractivity contribution in [3.63, 3.8) is 0 Å². The summed E-state index contributed by atoms with van der Waals surface area (Å²) in [7, 11) is 2.15. The Morgan fingerprint density at radius 3 is 2.71 bits per heavy atom. The van der Waals surface area contributed by atoms with Gasteiger partial charge in [-0.2, -0.15) is 0 Å². The summed E-state index contributed by atoms with van der Waals surface area (Å²) in [5.74, 6) is 0.457. The van der Waals surface area contributed by atoms with E-state index in [0.29, 0.717) is 5.92 Å². The molecule has 14 heavy (non-hydrogen) atoms. The smallest absolute Gasteiger partial charge is 0.0685 e. The Morgan fingerprint density at radius 2 is 2.07 bits per heavy atom. The first-order valence-corrected chi connectivity index (χ1v) is 5.99. The molecule has 2 heteroatoms. The molecule has 0 saturated carbocycles. The van der Waals surface area contributed by atoms with Gasteiger partial charge in [0, 0.05) is 6.54 Å². The number of nitrogens with zero attached hydrogens (tertiary/aromatic N) is 1. The molecule has 1 saturated heterocycles. The van der Waals surface area contributed by atoms with Gasteiger partial charge in [0.1, 0.15) is 0 Å². The summed E-state index contributed by atoms with van der Waals surface area (Å²) in [5, 5.41) is 10.5. The van der Waals surface area contributed by atoms with Crippen LogP contribution < -0.4 is 0 Å². The maximum absolute atomic E-state index is 10.5. The second kappa shape index (κ2) is 5.13. The number of rotatable bonds is 3. The molecule has 1 aliphatic rings. The van der Waals surface area contributed by atoms with Crippen LogP contribution >= 0.6 is 0 Å². The Bertz CT molecular complexity index is 172. The molecule has 2 nitrogen and oxygen atoms in total. The molecule has 0 radical (unpaired) electrons. The monoisotopic (exact) mass is 199 g/mol. The van der Waals surface area contributed by atoms with E-state index in [1.54, 1.807) is 0 Å². The van der Waals surface area contributed by atoms with Gasteiger partial charge >= 0.3 is 0 Å². The highest BCUT2D eigenvalue weighted by Crippen LogP contribution is 2.32. The molecule has 1 aliphatic heterocycles. The summed E-state index contributed by atoms with van der Waals surface area (Å²) in [6, 6.07) is 0. The van der Waals surface area contributed by atoms with Gasteiger partial charge < -0.3 is 10.0 Å². The number of hydrogen-bond acceptors (Lipinski definition) is 2. The van der Waals surface area contributed by atoms with Crippen LogP contribution in [0.1, 0.15) is 46.0 Å². The number of hydrogen-bond donors (Lipinski definition) is 1. The van der Waals surface area contributed by atoms with Crippen LogP contribution in [0.3, 0.4) is 0 Å². The van der Waals surface area contributed by atoms with Crippen molar-refractivity contribution >= 4 is 0 Å². The summed E-state index contributed by atoms with van der Waals surface area (Å²) in [6.45, 7) is 6.59. The average Bonchev–Trinajstić information content (AvgIpc) is 2.30. The largest absolute Gasteiger partial charge is 0.390 e. The number of likely N-dealkylation sites (tertiary alicyclic amines) is 1. The molecule has 0 bridgehead atoms. The second-order valence-electron chi connectivity index (χ2n) is 4.95. The highest BCUT2D eigenvalue weighted by atomic mass is 16.3. The fraction of sp³-hybridized carbons (Fsp3) is 1.00. The minimum atomic E-state index is -0.388. The molecule has 1 N–H and O–H groups in total. The summed E-state index contributed by atoms with van der Waals surface area (Å²) >= 11 is 0. The molecule has 84 valence electrons.